The summed E-state index contributed by atoms with van der Waals surface area (Å²) in [5, 5.41) is 5.65. The van der Waals surface area contributed by atoms with Gasteiger partial charge in [0.2, 0.25) is 0 Å². The molecule has 2 N–H and O–H groups in total. The van der Waals surface area contributed by atoms with Gasteiger partial charge in [0.1, 0.15) is 0 Å². The maximum atomic E-state index is 12.5. The van der Waals surface area contributed by atoms with Crippen LogP contribution in [0.2, 0.25) is 0 Å². The van der Waals surface area contributed by atoms with Crippen LogP contribution in [0.3, 0.4) is 0 Å². The molecule has 26 heavy (non-hydrogen) atoms. The molecule has 0 aliphatic heterocycles. The molecule has 0 aliphatic carbocycles. The number of carbonyl (C=O) groups is 2. The molecule has 0 radical (unpaired) electrons. The lowest BCUT2D eigenvalue weighted by molar-refractivity contribution is 0.101. The van der Waals surface area contributed by atoms with Gasteiger partial charge in [-0.15, -0.1) is 0 Å². The Kier molecular flexibility index (Phi) is 5.85. The van der Waals surface area contributed by atoms with Gasteiger partial charge in [0.25, 0.3) is 11.8 Å². The average molecular weight is 474 g/mol. The summed E-state index contributed by atoms with van der Waals surface area (Å²) in [6.07, 6.45) is 0. The van der Waals surface area contributed by atoms with Crippen LogP contribution in [-0.4, -0.2) is 11.8 Å². The SMILES string of the molecule is O=C(Nc1ccccc1)c1cc(Br)c(C(=O)Nc2ccccc2)cc1Br. The van der Waals surface area contributed by atoms with Crippen LogP contribution in [0.5, 0.6) is 0 Å². The van der Waals surface area contributed by atoms with Crippen molar-refractivity contribution in [2.24, 2.45) is 0 Å². The molecule has 4 nitrogen and oxygen atoms in total. The Morgan fingerprint density at radius 1 is 0.615 bits per heavy atom. The molecular formula is C20H14Br2N2O2. The first-order chi connectivity index (χ1) is 12.5. The summed E-state index contributed by atoms with van der Waals surface area (Å²) in [5.41, 5.74) is 2.26. The number of nitrogens with one attached hydrogen (secondary N) is 2. The first-order valence-electron chi connectivity index (χ1n) is 7.76. The second-order valence-electron chi connectivity index (χ2n) is 5.45. The van der Waals surface area contributed by atoms with E-state index in [1.54, 1.807) is 12.1 Å². The maximum Gasteiger partial charge on any atom is 0.256 e. The number of hydrogen-bond acceptors (Lipinski definition) is 2. The Morgan fingerprint density at radius 3 is 1.31 bits per heavy atom. The second-order valence-corrected chi connectivity index (χ2v) is 7.16. The summed E-state index contributed by atoms with van der Waals surface area (Å²) >= 11 is 6.77. The predicted octanol–water partition coefficient (Wildman–Crippen LogP) is 5.72. The molecule has 0 fully saturated rings. The molecule has 0 aliphatic rings. The van der Waals surface area contributed by atoms with Crippen molar-refractivity contribution in [1.29, 1.82) is 0 Å². The van der Waals surface area contributed by atoms with Gasteiger partial charge in [-0.2, -0.15) is 0 Å². The number of para-hydroxylation sites is 2. The minimum absolute atomic E-state index is 0.265. The second kappa shape index (κ2) is 8.29. The fraction of sp³-hybridized carbons (Fsp3) is 0. The molecular weight excluding hydrogens is 460 g/mol. The summed E-state index contributed by atoms with van der Waals surface area (Å²) < 4.78 is 1.07. The van der Waals surface area contributed by atoms with E-state index in [-0.39, 0.29) is 11.8 Å². The number of halogens is 2. The van der Waals surface area contributed by atoms with Crippen LogP contribution >= 0.6 is 31.9 Å². The van der Waals surface area contributed by atoms with Gasteiger partial charge in [-0.3, -0.25) is 9.59 Å². The van der Waals surface area contributed by atoms with E-state index in [0.29, 0.717) is 31.4 Å². The molecule has 130 valence electrons. The van der Waals surface area contributed by atoms with Crippen LogP contribution in [0.15, 0.2) is 81.7 Å². The van der Waals surface area contributed by atoms with Crippen molar-refractivity contribution in [3.63, 3.8) is 0 Å². The van der Waals surface area contributed by atoms with Crippen LogP contribution in [0.25, 0.3) is 0 Å². The Hall–Kier alpha value is -2.44. The molecule has 0 saturated heterocycles. The highest BCUT2D eigenvalue weighted by atomic mass is 79.9. The van der Waals surface area contributed by atoms with Gasteiger partial charge in [0.15, 0.2) is 0 Å². The number of anilines is 2. The molecule has 0 saturated carbocycles. The van der Waals surface area contributed by atoms with Crippen LogP contribution < -0.4 is 10.6 Å². The largest absolute Gasteiger partial charge is 0.322 e. The molecule has 0 atom stereocenters. The number of carbonyl (C=O) groups excluding carboxylic acids is 2. The maximum absolute atomic E-state index is 12.5. The summed E-state index contributed by atoms with van der Waals surface area (Å²) in [4.78, 5) is 25.0. The number of rotatable bonds is 4. The highest BCUT2D eigenvalue weighted by Gasteiger charge is 2.17. The van der Waals surface area contributed by atoms with Gasteiger partial charge >= 0.3 is 0 Å². The summed E-state index contributed by atoms with van der Waals surface area (Å²) in [6, 6.07) is 21.6. The molecule has 2 amide bonds. The van der Waals surface area contributed by atoms with E-state index >= 15 is 0 Å². The summed E-state index contributed by atoms with van der Waals surface area (Å²) in [6.45, 7) is 0. The van der Waals surface area contributed by atoms with Crippen molar-refractivity contribution in [3.8, 4) is 0 Å². The lowest BCUT2D eigenvalue weighted by Crippen LogP contribution is -2.16. The zero-order chi connectivity index (χ0) is 18.5. The van der Waals surface area contributed by atoms with E-state index in [9.17, 15) is 9.59 Å². The number of benzene rings is 3. The molecule has 3 aromatic rings. The van der Waals surface area contributed by atoms with E-state index in [0.717, 1.165) is 0 Å². The van der Waals surface area contributed by atoms with Crippen LogP contribution in [0, 0.1) is 0 Å². The predicted molar refractivity (Wildman–Crippen MR) is 111 cm³/mol. The minimum Gasteiger partial charge on any atom is -0.322 e. The van der Waals surface area contributed by atoms with E-state index in [1.807, 2.05) is 60.7 Å². The Morgan fingerprint density at radius 2 is 0.962 bits per heavy atom. The lowest BCUT2D eigenvalue weighted by Gasteiger charge is -2.11. The molecule has 0 bridgehead atoms. The molecule has 0 heterocycles. The summed E-state index contributed by atoms with van der Waals surface area (Å²) in [5.74, 6) is -0.530. The third-order valence-electron chi connectivity index (χ3n) is 3.61. The van der Waals surface area contributed by atoms with Gasteiger partial charge in [-0.1, -0.05) is 36.4 Å². The topological polar surface area (TPSA) is 58.2 Å². The lowest BCUT2D eigenvalue weighted by atomic mass is 10.1. The van der Waals surface area contributed by atoms with Crippen molar-refractivity contribution in [1.82, 2.24) is 0 Å². The monoisotopic (exact) mass is 472 g/mol. The smallest absolute Gasteiger partial charge is 0.256 e. The Bertz CT molecular complexity index is 866. The summed E-state index contributed by atoms with van der Waals surface area (Å²) in [7, 11) is 0. The van der Waals surface area contributed by atoms with Crippen molar-refractivity contribution in [3.05, 3.63) is 92.9 Å². The quantitative estimate of drug-likeness (QED) is 0.509. The molecule has 3 rings (SSSR count). The van der Waals surface area contributed by atoms with Crippen molar-refractivity contribution in [2.45, 2.75) is 0 Å². The number of amides is 2. The molecule has 0 aromatic heterocycles. The normalized spacial score (nSPS) is 10.2. The van der Waals surface area contributed by atoms with E-state index in [1.165, 1.54) is 0 Å². The van der Waals surface area contributed by atoms with Crippen LogP contribution in [-0.2, 0) is 0 Å². The average Bonchev–Trinajstić information content (AvgIpc) is 2.64. The fourth-order valence-electron chi connectivity index (χ4n) is 2.33. The first kappa shape index (κ1) is 18.4. The van der Waals surface area contributed by atoms with Crippen molar-refractivity contribution >= 4 is 55.0 Å². The molecule has 0 spiro atoms. The molecule has 6 heteroatoms. The van der Waals surface area contributed by atoms with E-state index in [2.05, 4.69) is 42.5 Å². The zero-order valence-electron chi connectivity index (χ0n) is 13.5. The van der Waals surface area contributed by atoms with Crippen LogP contribution in [0.4, 0.5) is 11.4 Å². The minimum atomic E-state index is -0.265. The van der Waals surface area contributed by atoms with E-state index < -0.39 is 0 Å². The highest BCUT2D eigenvalue weighted by Crippen LogP contribution is 2.27. The van der Waals surface area contributed by atoms with E-state index in [4.69, 9.17) is 0 Å². The fourth-order valence-corrected chi connectivity index (χ4v) is 3.38. The standard InChI is InChI=1S/C20H14Br2N2O2/c21-17-12-16(20(26)24-14-9-5-2-6-10-14)18(22)11-15(17)19(25)23-13-7-3-1-4-8-13/h1-12H,(H,23,25)(H,24,26). The zero-order valence-corrected chi connectivity index (χ0v) is 16.7. The Labute approximate surface area is 167 Å². The third-order valence-corrected chi connectivity index (χ3v) is 4.92. The first-order valence-corrected chi connectivity index (χ1v) is 9.35. The third kappa shape index (κ3) is 4.39. The highest BCUT2D eigenvalue weighted by molar-refractivity contribution is 9.11. The van der Waals surface area contributed by atoms with Gasteiger partial charge in [0.05, 0.1) is 11.1 Å². The van der Waals surface area contributed by atoms with Crippen molar-refractivity contribution < 1.29 is 9.59 Å². The van der Waals surface area contributed by atoms with Gasteiger partial charge < -0.3 is 10.6 Å². The Balaban J connectivity index is 1.81. The van der Waals surface area contributed by atoms with Gasteiger partial charge in [0, 0.05) is 20.3 Å². The number of hydrogen-bond donors (Lipinski definition) is 2. The van der Waals surface area contributed by atoms with Crippen molar-refractivity contribution in [2.75, 3.05) is 10.6 Å². The van der Waals surface area contributed by atoms with Gasteiger partial charge in [-0.25, -0.2) is 0 Å². The van der Waals surface area contributed by atoms with Gasteiger partial charge in [-0.05, 0) is 68.3 Å². The van der Waals surface area contributed by atoms with Crippen LogP contribution in [0.1, 0.15) is 20.7 Å². The molecule has 0 unspecified atom stereocenters. The molecule has 3 aromatic carbocycles.